The number of hydrogen-bond acceptors (Lipinski definition) is 4. The number of aromatic nitrogens is 1. The molecular weight excluding hydrogens is 462 g/mol. The van der Waals surface area contributed by atoms with Crippen molar-refractivity contribution in [2.24, 2.45) is 0 Å². The van der Waals surface area contributed by atoms with Crippen molar-refractivity contribution in [3.05, 3.63) is 95.7 Å². The molecule has 0 bridgehead atoms. The SMILES string of the molecule is CCC(NC(=O)Cc1c(C)nc2ccccc2c1-c1ccccc1)c1ccccc1OCC(=O)N(C)C. The number of aryl methyl sites for hydroxylation is 1. The van der Waals surface area contributed by atoms with E-state index in [9.17, 15) is 9.59 Å². The van der Waals surface area contributed by atoms with Crippen LogP contribution in [0.1, 0.15) is 36.2 Å². The van der Waals surface area contributed by atoms with E-state index in [0.29, 0.717) is 12.2 Å². The molecule has 1 heterocycles. The van der Waals surface area contributed by atoms with Gasteiger partial charge in [-0.05, 0) is 42.2 Å². The molecule has 1 aromatic heterocycles. The van der Waals surface area contributed by atoms with Crippen LogP contribution in [0, 0.1) is 6.92 Å². The molecule has 0 aliphatic heterocycles. The number of pyridine rings is 1. The Balaban J connectivity index is 1.62. The lowest BCUT2D eigenvalue weighted by Crippen LogP contribution is -2.31. The highest BCUT2D eigenvalue weighted by Gasteiger charge is 2.21. The van der Waals surface area contributed by atoms with Gasteiger partial charge in [-0.1, -0.05) is 73.7 Å². The molecule has 3 aromatic carbocycles. The van der Waals surface area contributed by atoms with Crippen LogP contribution < -0.4 is 10.1 Å². The number of carbonyl (C=O) groups is 2. The number of carbonyl (C=O) groups excluding carboxylic acids is 2. The predicted molar refractivity (Wildman–Crippen MR) is 147 cm³/mol. The van der Waals surface area contributed by atoms with Gasteiger partial charge in [0.2, 0.25) is 5.91 Å². The van der Waals surface area contributed by atoms with E-state index >= 15 is 0 Å². The maximum absolute atomic E-state index is 13.5. The third-order valence-electron chi connectivity index (χ3n) is 6.49. The fourth-order valence-electron chi connectivity index (χ4n) is 4.50. The Kier molecular flexibility index (Phi) is 8.18. The van der Waals surface area contributed by atoms with Crippen molar-refractivity contribution < 1.29 is 14.3 Å². The highest BCUT2D eigenvalue weighted by molar-refractivity contribution is 5.98. The molecule has 1 unspecified atom stereocenters. The van der Waals surface area contributed by atoms with Gasteiger partial charge in [-0.15, -0.1) is 0 Å². The third-order valence-corrected chi connectivity index (χ3v) is 6.49. The van der Waals surface area contributed by atoms with Crippen molar-refractivity contribution in [1.82, 2.24) is 15.2 Å². The van der Waals surface area contributed by atoms with Crippen molar-refractivity contribution in [3.63, 3.8) is 0 Å². The third kappa shape index (κ3) is 5.97. The zero-order chi connectivity index (χ0) is 26.4. The molecule has 4 aromatic rings. The van der Waals surface area contributed by atoms with E-state index in [1.54, 1.807) is 14.1 Å². The minimum Gasteiger partial charge on any atom is -0.483 e. The summed E-state index contributed by atoms with van der Waals surface area (Å²) in [6.07, 6.45) is 0.876. The van der Waals surface area contributed by atoms with Gasteiger partial charge >= 0.3 is 0 Å². The first-order valence-electron chi connectivity index (χ1n) is 12.5. The topological polar surface area (TPSA) is 71.5 Å². The van der Waals surface area contributed by atoms with Gasteiger partial charge < -0.3 is 15.0 Å². The van der Waals surface area contributed by atoms with E-state index in [-0.39, 0.29) is 30.9 Å². The van der Waals surface area contributed by atoms with Gasteiger partial charge in [0, 0.05) is 30.7 Å². The van der Waals surface area contributed by atoms with Gasteiger partial charge in [0.25, 0.3) is 5.91 Å². The van der Waals surface area contributed by atoms with Crippen LogP contribution in [0.5, 0.6) is 5.75 Å². The van der Waals surface area contributed by atoms with Crippen LogP contribution in [0.3, 0.4) is 0 Å². The number of benzene rings is 3. The monoisotopic (exact) mass is 495 g/mol. The van der Waals surface area contributed by atoms with Crippen LogP contribution in [0.4, 0.5) is 0 Å². The molecule has 0 saturated heterocycles. The number of amides is 2. The first kappa shape index (κ1) is 25.9. The van der Waals surface area contributed by atoms with Gasteiger partial charge in [0.1, 0.15) is 5.75 Å². The fraction of sp³-hybridized carbons (Fsp3) is 0.258. The van der Waals surface area contributed by atoms with Crippen LogP contribution >= 0.6 is 0 Å². The van der Waals surface area contributed by atoms with Gasteiger partial charge in [0.05, 0.1) is 18.0 Å². The lowest BCUT2D eigenvalue weighted by atomic mass is 9.92. The second-order valence-corrected chi connectivity index (χ2v) is 9.25. The molecule has 37 heavy (non-hydrogen) atoms. The minimum atomic E-state index is -0.257. The van der Waals surface area contributed by atoms with Gasteiger partial charge in [0.15, 0.2) is 6.61 Å². The number of para-hydroxylation sites is 2. The Morgan fingerprint density at radius 3 is 2.35 bits per heavy atom. The van der Waals surface area contributed by atoms with Gasteiger partial charge in [-0.3, -0.25) is 14.6 Å². The molecule has 6 heteroatoms. The maximum Gasteiger partial charge on any atom is 0.259 e. The van der Waals surface area contributed by atoms with E-state index in [4.69, 9.17) is 9.72 Å². The van der Waals surface area contributed by atoms with E-state index < -0.39 is 0 Å². The summed E-state index contributed by atoms with van der Waals surface area (Å²) in [6, 6.07) is 25.5. The van der Waals surface area contributed by atoms with Crippen molar-refractivity contribution in [2.45, 2.75) is 32.7 Å². The van der Waals surface area contributed by atoms with E-state index in [2.05, 4.69) is 23.5 Å². The number of nitrogens with zero attached hydrogens (tertiary/aromatic N) is 2. The second-order valence-electron chi connectivity index (χ2n) is 9.25. The summed E-state index contributed by atoms with van der Waals surface area (Å²) in [5.74, 6) is 0.376. The average molecular weight is 496 g/mol. The minimum absolute atomic E-state index is 0.0587. The van der Waals surface area contributed by atoms with Crippen LogP contribution in [0.25, 0.3) is 22.0 Å². The van der Waals surface area contributed by atoms with Crippen LogP contribution in [0.15, 0.2) is 78.9 Å². The summed E-state index contributed by atoms with van der Waals surface area (Å²) in [7, 11) is 3.39. The highest BCUT2D eigenvalue weighted by Crippen LogP contribution is 2.34. The summed E-state index contributed by atoms with van der Waals surface area (Å²) in [5, 5.41) is 4.22. The first-order chi connectivity index (χ1) is 17.9. The van der Waals surface area contributed by atoms with E-state index in [1.165, 1.54) is 4.90 Å². The number of hydrogen-bond donors (Lipinski definition) is 1. The summed E-state index contributed by atoms with van der Waals surface area (Å²) in [6.45, 7) is 3.92. The molecule has 0 fully saturated rings. The molecule has 6 nitrogen and oxygen atoms in total. The molecule has 4 rings (SSSR count). The number of ether oxygens (including phenoxy) is 1. The number of fused-ring (bicyclic) bond motifs is 1. The van der Waals surface area contributed by atoms with Gasteiger partial charge in [-0.25, -0.2) is 0 Å². The quantitative estimate of drug-likeness (QED) is 0.333. The molecule has 0 saturated carbocycles. The van der Waals surface area contributed by atoms with Crippen molar-refractivity contribution in [1.29, 1.82) is 0 Å². The standard InChI is InChI=1S/C31H33N3O3/c1-5-26(23-15-10-12-18-28(23)37-20-30(36)34(3)4)33-29(35)19-25-21(2)32-27-17-11-9-16-24(27)31(25)22-13-7-6-8-14-22/h6-18,26H,5,19-20H2,1-4H3,(H,33,35). The molecule has 1 atom stereocenters. The predicted octanol–water partition coefficient (Wildman–Crippen LogP) is 5.49. The Bertz CT molecular complexity index is 1400. The van der Waals surface area contributed by atoms with Crippen LogP contribution in [-0.4, -0.2) is 42.4 Å². The van der Waals surface area contributed by atoms with Crippen molar-refractivity contribution in [2.75, 3.05) is 20.7 Å². The molecule has 0 radical (unpaired) electrons. The largest absolute Gasteiger partial charge is 0.483 e. The Labute approximate surface area is 218 Å². The highest BCUT2D eigenvalue weighted by atomic mass is 16.5. The molecule has 2 amide bonds. The van der Waals surface area contributed by atoms with Crippen molar-refractivity contribution >= 4 is 22.7 Å². The normalized spacial score (nSPS) is 11.7. The first-order valence-corrected chi connectivity index (χ1v) is 12.5. The van der Waals surface area contributed by atoms with Crippen molar-refractivity contribution in [3.8, 4) is 16.9 Å². The summed E-state index contributed by atoms with van der Waals surface area (Å²) in [5.41, 5.74) is 5.61. The maximum atomic E-state index is 13.5. The van der Waals surface area contributed by atoms with Crippen LogP contribution in [0.2, 0.25) is 0 Å². The fourth-order valence-corrected chi connectivity index (χ4v) is 4.50. The zero-order valence-corrected chi connectivity index (χ0v) is 21.8. The molecular formula is C31H33N3O3. The number of rotatable bonds is 9. The molecule has 0 aliphatic carbocycles. The smallest absolute Gasteiger partial charge is 0.259 e. The lowest BCUT2D eigenvalue weighted by Gasteiger charge is -2.22. The Morgan fingerprint density at radius 2 is 1.62 bits per heavy atom. The summed E-state index contributed by atoms with van der Waals surface area (Å²) >= 11 is 0. The van der Waals surface area contributed by atoms with E-state index in [0.717, 1.165) is 38.9 Å². The summed E-state index contributed by atoms with van der Waals surface area (Å²) < 4.78 is 5.83. The molecule has 0 spiro atoms. The Hall–Kier alpha value is -4.19. The molecule has 1 N–H and O–H groups in total. The average Bonchev–Trinajstić information content (AvgIpc) is 2.91. The van der Waals surface area contributed by atoms with E-state index in [1.807, 2.05) is 74.5 Å². The van der Waals surface area contributed by atoms with Gasteiger partial charge in [-0.2, -0.15) is 0 Å². The number of nitrogens with one attached hydrogen (secondary N) is 1. The number of likely N-dealkylation sites (N-methyl/N-ethyl adjacent to an activating group) is 1. The lowest BCUT2D eigenvalue weighted by molar-refractivity contribution is -0.130. The molecule has 190 valence electrons. The van der Waals surface area contributed by atoms with Crippen LogP contribution in [-0.2, 0) is 16.0 Å². The zero-order valence-electron chi connectivity index (χ0n) is 21.8. The summed E-state index contributed by atoms with van der Waals surface area (Å²) in [4.78, 5) is 31.8. The Morgan fingerprint density at radius 1 is 0.946 bits per heavy atom. The second kappa shape index (κ2) is 11.7. The molecule has 0 aliphatic rings.